The maximum Gasteiger partial charge on any atom is 0.317 e. The zero-order chi connectivity index (χ0) is 20.3. The number of anilines is 2. The van der Waals surface area contributed by atoms with Crippen LogP contribution in [0, 0.1) is 0 Å². The standard InChI is InChI=1S/C22H22N6O2/c29-20-19(26-22-28-27-21(30-22)15-10-12-23-13-11-15)25-18(14-6-2-1-3-7-14)16-8-4-5-9-17(16)24-20/h1-9,15,19,23H,10-13H2,(H,24,29)(H,26,28)/t19-/m1/s1. The topological polar surface area (TPSA) is 104 Å². The lowest BCUT2D eigenvalue weighted by molar-refractivity contribution is -0.116. The predicted octanol–water partition coefficient (Wildman–Crippen LogP) is 2.76. The van der Waals surface area contributed by atoms with Gasteiger partial charge >= 0.3 is 6.01 Å². The second kappa shape index (κ2) is 8.08. The fourth-order valence-electron chi connectivity index (χ4n) is 3.82. The van der Waals surface area contributed by atoms with Crippen molar-refractivity contribution < 1.29 is 9.21 Å². The number of fused-ring (bicyclic) bond motifs is 1. The molecule has 0 unspecified atom stereocenters. The van der Waals surface area contributed by atoms with E-state index < -0.39 is 6.17 Å². The van der Waals surface area contributed by atoms with Crippen LogP contribution in [0.3, 0.4) is 0 Å². The molecule has 3 heterocycles. The smallest absolute Gasteiger partial charge is 0.317 e. The number of benzodiazepines with no additional fused rings is 1. The van der Waals surface area contributed by atoms with Gasteiger partial charge in [0.25, 0.3) is 5.91 Å². The van der Waals surface area contributed by atoms with E-state index >= 15 is 0 Å². The molecule has 2 aromatic carbocycles. The van der Waals surface area contributed by atoms with E-state index in [1.165, 1.54) is 0 Å². The number of aromatic nitrogens is 2. The van der Waals surface area contributed by atoms with Crippen LogP contribution < -0.4 is 16.0 Å². The van der Waals surface area contributed by atoms with Gasteiger partial charge in [-0.1, -0.05) is 53.6 Å². The minimum Gasteiger partial charge on any atom is -0.408 e. The quantitative estimate of drug-likeness (QED) is 0.620. The number of carbonyl (C=O) groups is 1. The number of hydrogen-bond acceptors (Lipinski definition) is 7. The summed E-state index contributed by atoms with van der Waals surface area (Å²) in [5.41, 5.74) is 3.23. The van der Waals surface area contributed by atoms with Gasteiger partial charge in [0.2, 0.25) is 12.1 Å². The summed E-state index contributed by atoms with van der Waals surface area (Å²) >= 11 is 0. The molecule has 1 fully saturated rings. The molecule has 1 saturated heterocycles. The molecule has 0 aliphatic carbocycles. The summed E-state index contributed by atoms with van der Waals surface area (Å²) in [4.78, 5) is 17.6. The molecule has 2 aliphatic heterocycles. The first kappa shape index (κ1) is 18.5. The molecule has 152 valence electrons. The lowest BCUT2D eigenvalue weighted by atomic mass is 9.98. The predicted molar refractivity (Wildman–Crippen MR) is 114 cm³/mol. The third kappa shape index (κ3) is 3.69. The Balaban J connectivity index is 1.46. The first-order chi connectivity index (χ1) is 14.8. The highest BCUT2D eigenvalue weighted by molar-refractivity contribution is 6.19. The summed E-state index contributed by atoms with van der Waals surface area (Å²) in [7, 11) is 0. The molecule has 0 saturated carbocycles. The molecule has 0 spiro atoms. The van der Waals surface area contributed by atoms with Gasteiger partial charge in [0, 0.05) is 17.0 Å². The first-order valence-corrected chi connectivity index (χ1v) is 10.1. The number of nitrogens with one attached hydrogen (secondary N) is 3. The highest BCUT2D eigenvalue weighted by Crippen LogP contribution is 2.27. The molecular weight excluding hydrogens is 380 g/mol. The zero-order valence-corrected chi connectivity index (χ0v) is 16.3. The Morgan fingerprint density at radius 3 is 2.57 bits per heavy atom. The largest absolute Gasteiger partial charge is 0.408 e. The number of carbonyl (C=O) groups excluding carboxylic acids is 1. The first-order valence-electron chi connectivity index (χ1n) is 10.1. The SMILES string of the molecule is O=C1Nc2ccccc2C(c2ccccc2)=N[C@@H]1Nc1nnc(C2CCNCC2)o1. The normalized spacial score (nSPS) is 19.4. The molecule has 1 amide bonds. The van der Waals surface area contributed by atoms with Gasteiger partial charge in [-0.25, -0.2) is 4.99 Å². The van der Waals surface area contributed by atoms with E-state index in [1.807, 2.05) is 54.6 Å². The fourth-order valence-corrected chi connectivity index (χ4v) is 3.82. The number of hydrogen-bond donors (Lipinski definition) is 3. The van der Waals surface area contributed by atoms with Crippen molar-refractivity contribution in [3.05, 3.63) is 71.6 Å². The average Bonchev–Trinajstić information content (AvgIpc) is 3.21. The van der Waals surface area contributed by atoms with Gasteiger partial charge in [-0.05, 0) is 32.0 Å². The van der Waals surface area contributed by atoms with E-state index in [0.29, 0.717) is 5.89 Å². The van der Waals surface area contributed by atoms with Crippen LogP contribution in [-0.4, -0.2) is 41.1 Å². The Labute approximate surface area is 173 Å². The maximum absolute atomic E-state index is 12.9. The van der Waals surface area contributed by atoms with Crippen molar-refractivity contribution in [2.24, 2.45) is 4.99 Å². The molecule has 2 aliphatic rings. The lowest BCUT2D eigenvalue weighted by Crippen LogP contribution is -2.32. The second-order valence-electron chi connectivity index (χ2n) is 7.40. The van der Waals surface area contributed by atoms with E-state index in [0.717, 1.165) is 48.5 Å². The third-order valence-corrected chi connectivity index (χ3v) is 5.38. The summed E-state index contributed by atoms with van der Waals surface area (Å²) in [5.74, 6) is 0.559. The summed E-state index contributed by atoms with van der Waals surface area (Å²) in [6.07, 6.45) is 1.02. The van der Waals surface area contributed by atoms with E-state index in [9.17, 15) is 4.79 Å². The van der Waals surface area contributed by atoms with Crippen LogP contribution in [-0.2, 0) is 4.79 Å². The molecule has 0 bridgehead atoms. The van der Waals surface area contributed by atoms with Gasteiger partial charge in [0.1, 0.15) is 0 Å². The van der Waals surface area contributed by atoms with Crippen LogP contribution >= 0.6 is 0 Å². The molecular formula is C22H22N6O2. The number of piperidine rings is 1. The minimum absolute atomic E-state index is 0.200. The Morgan fingerprint density at radius 1 is 0.967 bits per heavy atom. The molecule has 1 atom stereocenters. The minimum atomic E-state index is -0.895. The highest BCUT2D eigenvalue weighted by Gasteiger charge is 2.28. The van der Waals surface area contributed by atoms with Crippen molar-refractivity contribution in [3.63, 3.8) is 0 Å². The number of aliphatic imine (C=N–C) groups is 1. The molecule has 3 aromatic rings. The van der Waals surface area contributed by atoms with Crippen LogP contribution in [0.1, 0.15) is 35.8 Å². The van der Waals surface area contributed by atoms with Gasteiger partial charge < -0.3 is 20.4 Å². The summed E-state index contributed by atoms with van der Waals surface area (Å²) < 4.78 is 5.82. The fraction of sp³-hybridized carbons (Fsp3) is 0.273. The summed E-state index contributed by atoms with van der Waals surface area (Å²) in [6.45, 7) is 1.87. The molecule has 30 heavy (non-hydrogen) atoms. The zero-order valence-electron chi connectivity index (χ0n) is 16.3. The number of para-hydroxylation sites is 1. The Morgan fingerprint density at radius 2 is 1.73 bits per heavy atom. The Hall–Kier alpha value is -3.52. The highest BCUT2D eigenvalue weighted by atomic mass is 16.4. The second-order valence-corrected chi connectivity index (χ2v) is 7.40. The monoisotopic (exact) mass is 402 g/mol. The number of benzene rings is 2. The van der Waals surface area contributed by atoms with Gasteiger partial charge in [0.05, 0.1) is 11.4 Å². The molecule has 5 rings (SSSR count). The van der Waals surface area contributed by atoms with E-state index in [2.05, 4.69) is 26.1 Å². The van der Waals surface area contributed by atoms with Crippen molar-refractivity contribution in [3.8, 4) is 0 Å². The van der Waals surface area contributed by atoms with Crippen LogP contribution in [0.25, 0.3) is 0 Å². The van der Waals surface area contributed by atoms with Crippen molar-refractivity contribution >= 4 is 23.3 Å². The number of amides is 1. The van der Waals surface area contributed by atoms with Crippen LogP contribution in [0.2, 0.25) is 0 Å². The van der Waals surface area contributed by atoms with E-state index in [4.69, 9.17) is 9.41 Å². The van der Waals surface area contributed by atoms with Gasteiger partial charge in [-0.3, -0.25) is 4.79 Å². The maximum atomic E-state index is 12.9. The molecule has 1 aromatic heterocycles. The van der Waals surface area contributed by atoms with Crippen molar-refractivity contribution in [1.82, 2.24) is 15.5 Å². The van der Waals surface area contributed by atoms with E-state index in [1.54, 1.807) is 0 Å². The molecule has 8 nitrogen and oxygen atoms in total. The van der Waals surface area contributed by atoms with Gasteiger partial charge in [-0.2, -0.15) is 0 Å². The Kier molecular flexibility index (Phi) is 4.98. The van der Waals surface area contributed by atoms with Crippen molar-refractivity contribution in [1.29, 1.82) is 0 Å². The van der Waals surface area contributed by atoms with Crippen LogP contribution in [0.5, 0.6) is 0 Å². The van der Waals surface area contributed by atoms with Gasteiger partial charge in [-0.15, -0.1) is 5.10 Å². The third-order valence-electron chi connectivity index (χ3n) is 5.38. The van der Waals surface area contributed by atoms with Crippen molar-refractivity contribution in [2.75, 3.05) is 23.7 Å². The van der Waals surface area contributed by atoms with Crippen LogP contribution in [0.4, 0.5) is 11.7 Å². The van der Waals surface area contributed by atoms with Crippen LogP contribution in [0.15, 0.2) is 64.0 Å². The Bertz CT molecular complexity index is 1070. The average molecular weight is 402 g/mol. The van der Waals surface area contributed by atoms with E-state index in [-0.39, 0.29) is 17.8 Å². The molecule has 3 N–H and O–H groups in total. The number of rotatable bonds is 4. The summed E-state index contributed by atoms with van der Waals surface area (Å²) in [6, 6.07) is 17.6. The molecule has 0 radical (unpaired) electrons. The molecule has 8 heteroatoms. The lowest BCUT2D eigenvalue weighted by Gasteiger charge is -2.18. The van der Waals surface area contributed by atoms with Gasteiger partial charge in [0.15, 0.2) is 0 Å². The van der Waals surface area contributed by atoms with Crippen molar-refractivity contribution in [2.45, 2.75) is 24.9 Å². The summed E-state index contributed by atoms with van der Waals surface area (Å²) in [5, 5.41) is 17.6. The number of nitrogens with zero attached hydrogens (tertiary/aromatic N) is 3.